The summed E-state index contributed by atoms with van der Waals surface area (Å²) in [6, 6.07) is 0.599. The first-order valence-electron chi connectivity index (χ1n) is 7.12. The highest BCUT2D eigenvalue weighted by Crippen LogP contribution is 2.28. The fourth-order valence-corrected chi connectivity index (χ4v) is 3.60. The maximum Gasteiger partial charge on any atom is 0.0724 e. The van der Waals surface area contributed by atoms with Crippen LogP contribution in [0.25, 0.3) is 0 Å². The van der Waals surface area contributed by atoms with Gasteiger partial charge in [0.1, 0.15) is 0 Å². The Bertz CT molecular complexity index is 274. The molecule has 0 aromatic rings. The third kappa shape index (κ3) is 3.56. The molecule has 0 aliphatic heterocycles. The fourth-order valence-electron chi connectivity index (χ4n) is 3.60. The number of allylic oxidation sites excluding steroid dienone is 2. The monoisotopic (exact) mass is 237 g/mol. The standard InChI is InChI=1S/C15H27NO/c1-11-7-12(2)9-13(8-11)10-16-14-5-4-6-15(14)17-3/h7,11,13-16H,4-6,8-10H2,1-3H3. The first kappa shape index (κ1) is 13.1. The first-order valence-corrected chi connectivity index (χ1v) is 7.12. The van der Waals surface area contributed by atoms with Gasteiger partial charge in [0, 0.05) is 13.2 Å². The second-order valence-electron chi connectivity index (χ2n) is 6.02. The molecule has 1 saturated carbocycles. The van der Waals surface area contributed by atoms with E-state index in [0.717, 1.165) is 11.8 Å². The molecule has 1 N–H and O–H groups in total. The Morgan fingerprint density at radius 1 is 1.41 bits per heavy atom. The van der Waals surface area contributed by atoms with E-state index >= 15 is 0 Å². The summed E-state index contributed by atoms with van der Waals surface area (Å²) < 4.78 is 5.53. The molecule has 0 heterocycles. The molecule has 0 radical (unpaired) electrons. The zero-order valence-corrected chi connectivity index (χ0v) is 11.5. The number of rotatable bonds is 4. The zero-order chi connectivity index (χ0) is 12.3. The van der Waals surface area contributed by atoms with E-state index < -0.39 is 0 Å². The molecule has 2 rings (SSSR count). The average Bonchev–Trinajstić information content (AvgIpc) is 2.72. The number of hydrogen-bond donors (Lipinski definition) is 1. The average molecular weight is 237 g/mol. The van der Waals surface area contributed by atoms with Gasteiger partial charge in [-0.2, -0.15) is 0 Å². The maximum absolute atomic E-state index is 5.53. The summed E-state index contributed by atoms with van der Waals surface area (Å²) >= 11 is 0. The van der Waals surface area contributed by atoms with Crippen LogP contribution in [0.1, 0.15) is 46.0 Å². The summed E-state index contributed by atoms with van der Waals surface area (Å²) in [5.41, 5.74) is 1.57. The van der Waals surface area contributed by atoms with E-state index in [9.17, 15) is 0 Å². The summed E-state index contributed by atoms with van der Waals surface area (Å²) in [5.74, 6) is 1.59. The van der Waals surface area contributed by atoms with E-state index in [0.29, 0.717) is 12.1 Å². The van der Waals surface area contributed by atoms with Crippen molar-refractivity contribution in [2.45, 2.75) is 58.1 Å². The molecule has 1 fully saturated rings. The number of methoxy groups -OCH3 is 1. The molecule has 0 aromatic carbocycles. The van der Waals surface area contributed by atoms with Gasteiger partial charge < -0.3 is 10.1 Å². The lowest BCUT2D eigenvalue weighted by molar-refractivity contribution is 0.0834. The van der Waals surface area contributed by atoms with Crippen molar-refractivity contribution in [1.82, 2.24) is 5.32 Å². The summed E-state index contributed by atoms with van der Waals surface area (Å²) in [6.45, 7) is 5.78. The molecule has 4 unspecified atom stereocenters. The molecule has 2 heteroatoms. The Labute approximate surface area is 106 Å². The Morgan fingerprint density at radius 3 is 2.94 bits per heavy atom. The predicted molar refractivity (Wildman–Crippen MR) is 72.1 cm³/mol. The van der Waals surface area contributed by atoms with Crippen molar-refractivity contribution in [3.8, 4) is 0 Å². The van der Waals surface area contributed by atoms with E-state index in [1.165, 1.54) is 38.6 Å². The lowest BCUT2D eigenvalue weighted by Crippen LogP contribution is -2.40. The number of nitrogens with one attached hydrogen (secondary N) is 1. The molecular weight excluding hydrogens is 210 g/mol. The number of ether oxygens (including phenoxy) is 1. The summed E-state index contributed by atoms with van der Waals surface area (Å²) in [4.78, 5) is 0. The van der Waals surface area contributed by atoms with E-state index in [2.05, 4.69) is 25.2 Å². The second kappa shape index (κ2) is 6.01. The van der Waals surface area contributed by atoms with Gasteiger partial charge in [0.2, 0.25) is 0 Å². The topological polar surface area (TPSA) is 21.3 Å². The van der Waals surface area contributed by atoms with Crippen LogP contribution in [0.4, 0.5) is 0 Å². The highest BCUT2D eigenvalue weighted by Gasteiger charge is 2.27. The quantitative estimate of drug-likeness (QED) is 0.758. The highest BCUT2D eigenvalue weighted by atomic mass is 16.5. The summed E-state index contributed by atoms with van der Waals surface area (Å²) in [6.07, 6.45) is 9.34. The van der Waals surface area contributed by atoms with E-state index in [-0.39, 0.29) is 0 Å². The molecule has 0 amide bonds. The van der Waals surface area contributed by atoms with Crippen molar-refractivity contribution in [2.75, 3.05) is 13.7 Å². The minimum absolute atomic E-state index is 0.452. The molecule has 2 aliphatic rings. The van der Waals surface area contributed by atoms with Crippen LogP contribution in [0.2, 0.25) is 0 Å². The molecule has 0 saturated heterocycles. The molecular formula is C15H27NO. The SMILES string of the molecule is COC1CCCC1NCC1CC(C)=CC(C)C1. The van der Waals surface area contributed by atoms with Crippen molar-refractivity contribution in [2.24, 2.45) is 11.8 Å². The Balaban J connectivity index is 1.77. The van der Waals surface area contributed by atoms with Gasteiger partial charge in [0.05, 0.1) is 6.10 Å². The van der Waals surface area contributed by atoms with Gasteiger partial charge in [-0.15, -0.1) is 0 Å². The fraction of sp³-hybridized carbons (Fsp3) is 0.867. The molecule has 0 aromatic heterocycles. The third-order valence-corrected chi connectivity index (χ3v) is 4.31. The van der Waals surface area contributed by atoms with E-state index in [1.54, 1.807) is 5.57 Å². The molecule has 98 valence electrons. The van der Waals surface area contributed by atoms with Gasteiger partial charge in [-0.25, -0.2) is 0 Å². The van der Waals surface area contributed by atoms with Crippen molar-refractivity contribution in [3.63, 3.8) is 0 Å². The van der Waals surface area contributed by atoms with Crippen LogP contribution in [0.15, 0.2) is 11.6 Å². The van der Waals surface area contributed by atoms with Gasteiger partial charge in [0.15, 0.2) is 0 Å². The molecule has 2 nitrogen and oxygen atoms in total. The lowest BCUT2D eigenvalue weighted by atomic mass is 9.83. The maximum atomic E-state index is 5.53. The van der Waals surface area contributed by atoms with Crippen LogP contribution in [0, 0.1) is 11.8 Å². The van der Waals surface area contributed by atoms with Crippen molar-refractivity contribution < 1.29 is 4.74 Å². The smallest absolute Gasteiger partial charge is 0.0724 e. The van der Waals surface area contributed by atoms with Crippen LogP contribution >= 0.6 is 0 Å². The predicted octanol–water partition coefficient (Wildman–Crippen LogP) is 3.14. The molecule has 0 bridgehead atoms. The van der Waals surface area contributed by atoms with Gasteiger partial charge >= 0.3 is 0 Å². The van der Waals surface area contributed by atoms with Crippen LogP contribution in [-0.2, 0) is 4.74 Å². The van der Waals surface area contributed by atoms with Gasteiger partial charge in [-0.3, -0.25) is 0 Å². The van der Waals surface area contributed by atoms with E-state index in [1.807, 2.05) is 7.11 Å². The Morgan fingerprint density at radius 2 is 2.24 bits per heavy atom. The summed E-state index contributed by atoms with van der Waals surface area (Å²) in [5, 5.41) is 3.74. The first-order chi connectivity index (χ1) is 8.19. The number of hydrogen-bond acceptors (Lipinski definition) is 2. The van der Waals surface area contributed by atoms with Crippen LogP contribution in [-0.4, -0.2) is 25.8 Å². The minimum atomic E-state index is 0.452. The molecule has 2 aliphatic carbocycles. The van der Waals surface area contributed by atoms with Crippen LogP contribution < -0.4 is 5.32 Å². The largest absolute Gasteiger partial charge is 0.380 e. The minimum Gasteiger partial charge on any atom is -0.380 e. The van der Waals surface area contributed by atoms with E-state index in [4.69, 9.17) is 4.74 Å². The normalized spacial score (nSPS) is 38.2. The highest BCUT2D eigenvalue weighted by molar-refractivity contribution is 5.06. The lowest BCUT2D eigenvalue weighted by Gasteiger charge is -2.28. The van der Waals surface area contributed by atoms with Gasteiger partial charge in [-0.1, -0.05) is 18.6 Å². The van der Waals surface area contributed by atoms with Crippen molar-refractivity contribution >= 4 is 0 Å². The van der Waals surface area contributed by atoms with Gasteiger partial charge in [0.25, 0.3) is 0 Å². The van der Waals surface area contributed by atoms with Crippen molar-refractivity contribution in [3.05, 3.63) is 11.6 Å². The zero-order valence-electron chi connectivity index (χ0n) is 11.5. The molecule has 0 spiro atoms. The van der Waals surface area contributed by atoms with Crippen LogP contribution in [0.5, 0.6) is 0 Å². The Kier molecular flexibility index (Phi) is 4.63. The molecule has 4 atom stereocenters. The second-order valence-corrected chi connectivity index (χ2v) is 6.02. The molecule has 17 heavy (non-hydrogen) atoms. The third-order valence-electron chi connectivity index (χ3n) is 4.31. The Hall–Kier alpha value is -0.340. The van der Waals surface area contributed by atoms with Gasteiger partial charge in [-0.05, 0) is 57.4 Å². The van der Waals surface area contributed by atoms with Crippen molar-refractivity contribution in [1.29, 1.82) is 0 Å². The van der Waals surface area contributed by atoms with Crippen LogP contribution in [0.3, 0.4) is 0 Å². The summed E-state index contributed by atoms with van der Waals surface area (Å²) in [7, 11) is 1.85.